The lowest BCUT2D eigenvalue weighted by atomic mass is 9.91. The van der Waals surface area contributed by atoms with Gasteiger partial charge in [-0.3, -0.25) is 4.79 Å². The zero-order chi connectivity index (χ0) is 12.6. The SMILES string of the molecule is NCC1=CC(Cl)C=C2C=C(C(=O)O)C(=O)N=C21. The van der Waals surface area contributed by atoms with Gasteiger partial charge in [-0.1, -0.05) is 12.2 Å². The summed E-state index contributed by atoms with van der Waals surface area (Å²) in [6, 6.07) is 0. The van der Waals surface area contributed by atoms with Crippen LogP contribution in [-0.4, -0.2) is 34.6 Å². The summed E-state index contributed by atoms with van der Waals surface area (Å²) in [5, 5.41) is 8.46. The lowest BCUT2D eigenvalue weighted by Gasteiger charge is -2.20. The predicted molar refractivity (Wildman–Crippen MR) is 63.0 cm³/mol. The van der Waals surface area contributed by atoms with Crippen molar-refractivity contribution in [1.29, 1.82) is 0 Å². The van der Waals surface area contributed by atoms with Crippen molar-refractivity contribution in [3.05, 3.63) is 34.9 Å². The number of nitrogens with two attached hydrogens (primary N) is 1. The summed E-state index contributed by atoms with van der Waals surface area (Å²) in [6.45, 7) is 0.197. The maximum Gasteiger partial charge on any atom is 0.341 e. The fourth-order valence-corrected chi connectivity index (χ4v) is 1.99. The van der Waals surface area contributed by atoms with Crippen LogP contribution in [0.25, 0.3) is 0 Å². The molecule has 2 rings (SSSR count). The summed E-state index contributed by atoms with van der Waals surface area (Å²) in [7, 11) is 0. The summed E-state index contributed by atoms with van der Waals surface area (Å²) in [5.74, 6) is -2.06. The molecule has 0 aromatic carbocycles. The zero-order valence-corrected chi connectivity index (χ0v) is 9.44. The Morgan fingerprint density at radius 2 is 2.24 bits per heavy atom. The Bertz CT molecular complexity index is 529. The van der Waals surface area contributed by atoms with Gasteiger partial charge >= 0.3 is 5.97 Å². The van der Waals surface area contributed by atoms with Gasteiger partial charge in [0.1, 0.15) is 5.57 Å². The van der Waals surface area contributed by atoms with Crippen molar-refractivity contribution in [2.24, 2.45) is 10.7 Å². The molecule has 0 saturated carbocycles. The van der Waals surface area contributed by atoms with Gasteiger partial charge in [-0.05, 0) is 17.2 Å². The number of aliphatic carboxylic acids is 1. The molecule has 1 aliphatic carbocycles. The number of fused-ring (bicyclic) bond motifs is 1. The number of nitrogens with zero attached hydrogens (tertiary/aromatic N) is 1. The first kappa shape index (κ1) is 11.8. The minimum Gasteiger partial charge on any atom is -0.477 e. The highest BCUT2D eigenvalue weighted by molar-refractivity contribution is 6.31. The maximum atomic E-state index is 11.5. The number of amides is 1. The van der Waals surface area contributed by atoms with E-state index in [9.17, 15) is 9.59 Å². The molecule has 0 saturated heterocycles. The van der Waals surface area contributed by atoms with Gasteiger partial charge in [0.25, 0.3) is 5.91 Å². The van der Waals surface area contributed by atoms with Crippen LogP contribution in [-0.2, 0) is 9.59 Å². The quantitative estimate of drug-likeness (QED) is 0.550. The van der Waals surface area contributed by atoms with Gasteiger partial charge < -0.3 is 10.8 Å². The van der Waals surface area contributed by atoms with E-state index in [4.69, 9.17) is 22.4 Å². The molecular formula is C11H9ClN2O3. The van der Waals surface area contributed by atoms with Crippen LogP contribution in [0.1, 0.15) is 0 Å². The van der Waals surface area contributed by atoms with Gasteiger partial charge in [-0.15, -0.1) is 11.6 Å². The summed E-state index contributed by atoms with van der Waals surface area (Å²) >= 11 is 5.95. The average molecular weight is 253 g/mol. The molecule has 0 aromatic heterocycles. The van der Waals surface area contributed by atoms with E-state index in [1.54, 1.807) is 12.2 Å². The zero-order valence-electron chi connectivity index (χ0n) is 8.68. The number of hydrogen-bond donors (Lipinski definition) is 2. The van der Waals surface area contributed by atoms with Crippen molar-refractivity contribution in [3.63, 3.8) is 0 Å². The fraction of sp³-hybridized carbons (Fsp3) is 0.182. The first-order chi connectivity index (χ1) is 8.02. The number of halogens is 1. The van der Waals surface area contributed by atoms with Crippen LogP contribution >= 0.6 is 11.6 Å². The minimum atomic E-state index is -1.30. The first-order valence-electron chi connectivity index (χ1n) is 4.88. The number of carboxylic acids is 1. The van der Waals surface area contributed by atoms with Crippen LogP contribution < -0.4 is 5.73 Å². The number of dihydropyridines is 1. The van der Waals surface area contributed by atoms with Crippen molar-refractivity contribution in [3.8, 4) is 0 Å². The number of rotatable bonds is 2. The van der Waals surface area contributed by atoms with Crippen LogP contribution in [0.5, 0.6) is 0 Å². The molecule has 3 N–H and O–H groups in total. The van der Waals surface area contributed by atoms with Crippen molar-refractivity contribution in [2.45, 2.75) is 5.38 Å². The smallest absolute Gasteiger partial charge is 0.341 e. The van der Waals surface area contributed by atoms with Crippen molar-refractivity contribution in [2.75, 3.05) is 6.54 Å². The Kier molecular flexibility index (Phi) is 2.95. The highest BCUT2D eigenvalue weighted by Crippen LogP contribution is 2.25. The summed E-state index contributed by atoms with van der Waals surface area (Å²) in [5.41, 5.74) is 6.77. The second-order valence-corrected chi connectivity index (χ2v) is 4.10. The van der Waals surface area contributed by atoms with E-state index in [1.807, 2.05) is 0 Å². The highest BCUT2D eigenvalue weighted by atomic mass is 35.5. The number of allylic oxidation sites excluding steroid dienone is 4. The number of hydrogen-bond acceptors (Lipinski definition) is 3. The molecule has 1 heterocycles. The van der Waals surface area contributed by atoms with E-state index in [-0.39, 0.29) is 17.5 Å². The molecule has 0 spiro atoms. The summed E-state index contributed by atoms with van der Waals surface area (Å²) in [6.07, 6.45) is 4.61. The fourth-order valence-electron chi connectivity index (χ4n) is 1.70. The predicted octanol–water partition coefficient (Wildman–Crippen LogP) is 0.411. The van der Waals surface area contributed by atoms with E-state index in [1.165, 1.54) is 6.08 Å². The molecule has 1 aliphatic heterocycles. The molecule has 6 heteroatoms. The van der Waals surface area contributed by atoms with Crippen molar-refractivity contribution >= 4 is 29.2 Å². The third-order valence-corrected chi connectivity index (χ3v) is 2.72. The van der Waals surface area contributed by atoms with E-state index >= 15 is 0 Å². The second-order valence-electron chi connectivity index (χ2n) is 3.59. The van der Waals surface area contributed by atoms with E-state index in [0.717, 1.165) is 0 Å². The summed E-state index contributed by atoms with van der Waals surface area (Å²) in [4.78, 5) is 26.0. The van der Waals surface area contributed by atoms with Gasteiger partial charge in [0, 0.05) is 6.54 Å². The monoisotopic (exact) mass is 252 g/mol. The van der Waals surface area contributed by atoms with Crippen LogP contribution in [0, 0.1) is 0 Å². The number of carbonyl (C=O) groups excluding carboxylic acids is 1. The van der Waals surface area contributed by atoms with Gasteiger partial charge in [0.05, 0.1) is 11.1 Å². The van der Waals surface area contributed by atoms with Crippen LogP contribution in [0.3, 0.4) is 0 Å². The molecule has 0 fully saturated rings. The number of aliphatic imine (C=N–C) groups is 1. The van der Waals surface area contributed by atoms with Crippen LogP contribution in [0.15, 0.2) is 39.9 Å². The Morgan fingerprint density at radius 1 is 1.53 bits per heavy atom. The second kappa shape index (κ2) is 4.27. The van der Waals surface area contributed by atoms with E-state index in [2.05, 4.69) is 4.99 Å². The number of alkyl halides is 1. The van der Waals surface area contributed by atoms with E-state index < -0.39 is 11.9 Å². The van der Waals surface area contributed by atoms with Gasteiger partial charge in [-0.2, -0.15) is 0 Å². The largest absolute Gasteiger partial charge is 0.477 e. The third kappa shape index (κ3) is 2.07. The maximum absolute atomic E-state index is 11.5. The molecule has 5 nitrogen and oxygen atoms in total. The molecule has 0 bridgehead atoms. The lowest BCUT2D eigenvalue weighted by molar-refractivity contribution is -0.134. The van der Waals surface area contributed by atoms with Gasteiger partial charge in [0.15, 0.2) is 0 Å². The third-order valence-electron chi connectivity index (χ3n) is 2.47. The van der Waals surface area contributed by atoms with Gasteiger partial charge in [-0.25, -0.2) is 9.79 Å². The molecule has 0 aromatic rings. The normalized spacial score (nSPS) is 23.2. The highest BCUT2D eigenvalue weighted by Gasteiger charge is 2.28. The Morgan fingerprint density at radius 3 is 2.82 bits per heavy atom. The minimum absolute atomic E-state index is 0.197. The topological polar surface area (TPSA) is 92.8 Å². The number of carboxylic acid groups (broad SMARTS) is 1. The molecule has 2 aliphatic rings. The lowest BCUT2D eigenvalue weighted by Crippen LogP contribution is -2.26. The Hall–Kier alpha value is -1.72. The molecule has 0 radical (unpaired) electrons. The molecule has 88 valence electrons. The standard InChI is InChI=1S/C11H9ClN2O3/c12-7-1-5-3-8(11(16)17)10(15)14-9(5)6(2-7)4-13/h1-3,7H,4,13H2,(H,16,17). The Labute approximate surface area is 102 Å². The van der Waals surface area contributed by atoms with E-state index in [0.29, 0.717) is 16.9 Å². The van der Waals surface area contributed by atoms with Crippen LogP contribution in [0.2, 0.25) is 0 Å². The van der Waals surface area contributed by atoms with Gasteiger partial charge in [0.2, 0.25) is 0 Å². The van der Waals surface area contributed by atoms with Crippen LogP contribution in [0.4, 0.5) is 0 Å². The Balaban J connectivity index is 2.49. The van der Waals surface area contributed by atoms with Crippen molar-refractivity contribution in [1.82, 2.24) is 0 Å². The average Bonchev–Trinajstić information content (AvgIpc) is 2.27. The molecule has 1 unspecified atom stereocenters. The first-order valence-corrected chi connectivity index (χ1v) is 5.32. The molecular weight excluding hydrogens is 244 g/mol. The number of carbonyl (C=O) groups is 2. The van der Waals surface area contributed by atoms with Crippen molar-refractivity contribution < 1.29 is 14.7 Å². The molecule has 1 amide bonds. The summed E-state index contributed by atoms with van der Waals surface area (Å²) < 4.78 is 0. The molecule has 17 heavy (non-hydrogen) atoms. The molecule has 1 atom stereocenters.